The number of urea groups is 1. The standard InChI is InChI=1S/C15H28N4O2/c1-12(19-10-8-18(2)9-11-19)14(20)17-15(21)16-13-6-4-3-5-7-13/h12-13H,3-11H2,1-2H3,(H2,16,17,20,21)/t12-/m0/s1. The molecular weight excluding hydrogens is 268 g/mol. The summed E-state index contributed by atoms with van der Waals surface area (Å²) in [7, 11) is 2.08. The number of rotatable bonds is 3. The smallest absolute Gasteiger partial charge is 0.321 e. The van der Waals surface area contributed by atoms with Crippen LogP contribution in [0.25, 0.3) is 0 Å². The molecule has 2 aliphatic rings. The van der Waals surface area contributed by atoms with E-state index in [0.29, 0.717) is 0 Å². The van der Waals surface area contributed by atoms with Crippen LogP contribution >= 0.6 is 0 Å². The van der Waals surface area contributed by atoms with Crippen LogP contribution in [-0.4, -0.2) is 67.0 Å². The molecule has 120 valence electrons. The van der Waals surface area contributed by atoms with E-state index in [4.69, 9.17) is 0 Å². The minimum Gasteiger partial charge on any atom is -0.335 e. The molecule has 0 spiro atoms. The number of likely N-dealkylation sites (N-methyl/N-ethyl adjacent to an activating group) is 1. The molecular formula is C15H28N4O2. The van der Waals surface area contributed by atoms with Gasteiger partial charge in [0, 0.05) is 32.2 Å². The van der Waals surface area contributed by atoms with E-state index in [1.807, 2.05) is 6.92 Å². The van der Waals surface area contributed by atoms with Crippen LogP contribution in [0.4, 0.5) is 4.79 Å². The molecule has 0 radical (unpaired) electrons. The molecule has 1 aliphatic heterocycles. The number of carbonyl (C=O) groups is 2. The minimum absolute atomic E-state index is 0.201. The Morgan fingerprint density at radius 1 is 1.05 bits per heavy atom. The molecule has 1 saturated heterocycles. The van der Waals surface area contributed by atoms with Gasteiger partial charge in [-0.25, -0.2) is 4.79 Å². The lowest BCUT2D eigenvalue weighted by atomic mass is 9.96. The molecule has 0 aromatic carbocycles. The number of carbonyl (C=O) groups excluding carboxylic acids is 2. The highest BCUT2D eigenvalue weighted by Crippen LogP contribution is 2.17. The molecule has 2 fully saturated rings. The van der Waals surface area contributed by atoms with Gasteiger partial charge in [-0.2, -0.15) is 0 Å². The van der Waals surface area contributed by atoms with Gasteiger partial charge in [0.25, 0.3) is 0 Å². The fourth-order valence-electron chi connectivity index (χ4n) is 3.06. The summed E-state index contributed by atoms with van der Waals surface area (Å²) in [6.07, 6.45) is 5.62. The van der Waals surface area contributed by atoms with Gasteiger partial charge in [-0.05, 0) is 26.8 Å². The monoisotopic (exact) mass is 296 g/mol. The van der Waals surface area contributed by atoms with Crippen molar-refractivity contribution in [1.29, 1.82) is 0 Å². The molecule has 1 aliphatic carbocycles. The first-order chi connectivity index (χ1) is 10.1. The van der Waals surface area contributed by atoms with E-state index in [0.717, 1.165) is 51.9 Å². The third-order valence-electron chi connectivity index (χ3n) is 4.64. The van der Waals surface area contributed by atoms with Gasteiger partial charge < -0.3 is 10.2 Å². The molecule has 1 atom stereocenters. The van der Waals surface area contributed by atoms with Crippen molar-refractivity contribution in [2.24, 2.45) is 0 Å². The van der Waals surface area contributed by atoms with Crippen LogP contribution < -0.4 is 10.6 Å². The third kappa shape index (κ3) is 4.97. The Morgan fingerprint density at radius 2 is 1.67 bits per heavy atom. The van der Waals surface area contributed by atoms with Crippen LogP contribution in [0, 0.1) is 0 Å². The zero-order valence-corrected chi connectivity index (χ0v) is 13.2. The molecule has 21 heavy (non-hydrogen) atoms. The van der Waals surface area contributed by atoms with Crippen molar-refractivity contribution < 1.29 is 9.59 Å². The lowest BCUT2D eigenvalue weighted by molar-refractivity contribution is -0.125. The molecule has 1 saturated carbocycles. The lowest BCUT2D eigenvalue weighted by Gasteiger charge is -2.35. The normalized spacial score (nSPS) is 23.5. The zero-order chi connectivity index (χ0) is 15.2. The number of hydrogen-bond acceptors (Lipinski definition) is 4. The van der Waals surface area contributed by atoms with Gasteiger partial charge in [0.15, 0.2) is 0 Å². The van der Waals surface area contributed by atoms with Gasteiger partial charge in [0.1, 0.15) is 0 Å². The van der Waals surface area contributed by atoms with Gasteiger partial charge >= 0.3 is 6.03 Å². The molecule has 0 aromatic rings. The Balaban J connectivity index is 1.73. The van der Waals surface area contributed by atoms with Crippen LogP contribution in [0.1, 0.15) is 39.0 Å². The van der Waals surface area contributed by atoms with Gasteiger partial charge in [-0.1, -0.05) is 19.3 Å². The third-order valence-corrected chi connectivity index (χ3v) is 4.64. The maximum atomic E-state index is 12.1. The van der Waals surface area contributed by atoms with E-state index in [1.165, 1.54) is 6.42 Å². The van der Waals surface area contributed by atoms with Crippen LogP contribution in [0.2, 0.25) is 0 Å². The van der Waals surface area contributed by atoms with E-state index in [2.05, 4.69) is 27.5 Å². The lowest BCUT2D eigenvalue weighted by Crippen LogP contribution is -2.55. The van der Waals surface area contributed by atoms with Crippen LogP contribution in [0.15, 0.2) is 0 Å². The topological polar surface area (TPSA) is 64.7 Å². The average Bonchev–Trinajstić information content (AvgIpc) is 2.48. The van der Waals surface area contributed by atoms with E-state index < -0.39 is 0 Å². The van der Waals surface area contributed by atoms with E-state index in [-0.39, 0.29) is 24.0 Å². The number of nitrogens with one attached hydrogen (secondary N) is 2. The van der Waals surface area contributed by atoms with Gasteiger partial charge in [-0.3, -0.25) is 15.0 Å². The Bertz CT molecular complexity index is 361. The van der Waals surface area contributed by atoms with Crippen molar-refractivity contribution in [3.63, 3.8) is 0 Å². The van der Waals surface area contributed by atoms with E-state index >= 15 is 0 Å². The Morgan fingerprint density at radius 3 is 2.29 bits per heavy atom. The van der Waals surface area contributed by atoms with Gasteiger partial charge in [0.05, 0.1) is 6.04 Å². The predicted molar refractivity (Wildman–Crippen MR) is 82.1 cm³/mol. The summed E-state index contributed by atoms with van der Waals surface area (Å²) in [5, 5.41) is 5.41. The van der Waals surface area contributed by atoms with Crippen molar-refractivity contribution in [2.45, 2.75) is 51.1 Å². The fourth-order valence-corrected chi connectivity index (χ4v) is 3.06. The summed E-state index contributed by atoms with van der Waals surface area (Å²) >= 11 is 0. The predicted octanol–water partition coefficient (Wildman–Crippen LogP) is 0.781. The fraction of sp³-hybridized carbons (Fsp3) is 0.867. The zero-order valence-electron chi connectivity index (χ0n) is 13.2. The first kappa shape index (κ1) is 16.2. The highest BCUT2D eigenvalue weighted by atomic mass is 16.2. The van der Waals surface area contributed by atoms with Crippen molar-refractivity contribution in [3.8, 4) is 0 Å². The molecule has 0 bridgehead atoms. The van der Waals surface area contributed by atoms with E-state index in [9.17, 15) is 9.59 Å². The Labute approximate surface area is 127 Å². The molecule has 3 amide bonds. The van der Waals surface area contributed by atoms with E-state index in [1.54, 1.807) is 0 Å². The second kappa shape index (κ2) is 7.75. The maximum absolute atomic E-state index is 12.1. The first-order valence-corrected chi connectivity index (χ1v) is 8.10. The van der Waals surface area contributed by atoms with Crippen molar-refractivity contribution in [2.75, 3.05) is 33.2 Å². The molecule has 2 N–H and O–H groups in total. The number of piperazine rings is 1. The summed E-state index contributed by atoms with van der Waals surface area (Å²) in [4.78, 5) is 28.4. The van der Waals surface area contributed by atoms with Crippen molar-refractivity contribution >= 4 is 11.9 Å². The Hall–Kier alpha value is -1.14. The average molecular weight is 296 g/mol. The van der Waals surface area contributed by atoms with Crippen LogP contribution in [-0.2, 0) is 4.79 Å². The number of amides is 3. The summed E-state index contributed by atoms with van der Waals surface area (Å²) in [6, 6.07) is -0.367. The Kier molecular flexibility index (Phi) is 5.99. The van der Waals surface area contributed by atoms with Gasteiger partial charge in [0.2, 0.25) is 5.91 Å². The summed E-state index contributed by atoms with van der Waals surface area (Å²) in [5.41, 5.74) is 0. The summed E-state index contributed by atoms with van der Waals surface area (Å²) in [6.45, 7) is 5.54. The maximum Gasteiger partial charge on any atom is 0.321 e. The molecule has 1 heterocycles. The van der Waals surface area contributed by atoms with Crippen LogP contribution in [0.3, 0.4) is 0 Å². The second-order valence-corrected chi connectivity index (χ2v) is 6.31. The molecule has 6 heteroatoms. The number of nitrogens with zero attached hydrogens (tertiary/aromatic N) is 2. The van der Waals surface area contributed by atoms with Gasteiger partial charge in [-0.15, -0.1) is 0 Å². The SMILES string of the molecule is C[C@@H](C(=O)NC(=O)NC1CCCCC1)N1CCN(C)CC1. The molecule has 0 aromatic heterocycles. The minimum atomic E-state index is -0.340. The number of hydrogen-bond donors (Lipinski definition) is 2. The summed E-state index contributed by atoms with van der Waals surface area (Å²) in [5.74, 6) is -0.201. The van der Waals surface area contributed by atoms with Crippen molar-refractivity contribution in [3.05, 3.63) is 0 Å². The highest BCUT2D eigenvalue weighted by molar-refractivity contribution is 5.96. The highest BCUT2D eigenvalue weighted by Gasteiger charge is 2.26. The molecule has 6 nitrogen and oxygen atoms in total. The number of imide groups is 1. The molecule has 0 unspecified atom stereocenters. The first-order valence-electron chi connectivity index (χ1n) is 8.10. The summed E-state index contributed by atoms with van der Waals surface area (Å²) < 4.78 is 0. The quantitative estimate of drug-likeness (QED) is 0.808. The largest absolute Gasteiger partial charge is 0.335 e. The molecule has 2 rings (SSSR count). The van der Waals surface area contributed by atoms with Crippen LogP contribution in [0.5, 0.6) is 0 Å². The second-order valence-electron chi connectivity index (χ2n) is 6.31. The van der Waals surface area contributed by atoms with Crippen molar-refractivity contribution in [1.82, 2.24) is 20.4 Å².